The van der Waals surface area contributed by atoms with Crippen molar-refractivity contribution in [2.24, 2.45) is 11.8 Å². The zero-order valence-corrected chi connectivity index (χ0v) is 19.0. The predicted molar refractivity (Wildman–Crippen MR) is 125 cm³/mol. The zero-order chi connectivity index (χ0) is 22.6. The molecule has 4 N–H and O–H groups in total. The van der Waals surface area contributed by atoms with Crippen LogP contribution in [0.4, 0.5) is 0 Å². The number of hydrogen-bond acceptors (Lipinski definition) is 4. The highest BCUT2D eigenvalue weighted by Gasteiger charge is 2.39. The van der Waals surface area contributed by atoms with Gasteiger partial charge in [-0.3, -0.25) is 4.79 Å². The lowest BCUT2D eigenvalue weighted by molar-refractivity contribution is -0.121. The summed E-state index contributed by atoms with van der Waals surface area (Å²) < 4.78 is 0. The van der Waals surface area contributed by atoms with Crippen molar-refractivity contribution in [3.05, 3.63) is 59.2 Å². The Morgan fingerprint density at radius 2 is 2.10 bits per heavy atom. The lowest BCUT2D eigenvalue weighted by atomic mass is 9.89. The van der Waals surface area contributed by atoms with Crippen LogP contribution in [0.3, 0.4) is 0 Å². The first-order valence-corrected chi connectivity index (χ1v) is 11.7. The summed E-state index contributed by atoms with van der Waals surface area (Å²) in [5, 5.41) is 34.5. The van der Waals surface area contributed by atoms with Gasteiger partial charge in [-0.2, -0.15) is 0 Å². The highest BCUT2D eigenvalue weighted by atomic mass is 35.5. The third-order valence-electron chi connectivity index (χ3n) is 5.81. The van der Waals surface area contributed by atoms with Gasteiger partial charge in [-0.25, -0.2) is 0 Å². The molecule has 0 bridgehead atoms. The molecule has 0 radical (unpaired) electrons. The minimum atomic E-state index is -0.616. The van der Waals surface area contributed by atoms with E-state index < -0.39 is 18.3 Å². The number of aryl methyl sites for hydroxylation is 1. The Kier molecular flexibility index (Phi) is 11.3. The van der Waals surface area contributed by atoms with E-state index in [1.165, 1.54) is 0 Å². The highest BCUT2D eigenvalue weighted by Crippen LogP contribution is 2.36. The number of rotatable bonds is 12. The number of unbranched alkanes of at least 4 members (excludes halogenated alkanes) is 1. The molecule has 172 valence electrons. The van der Waals surface area contributed by atoms with Gasteiger partial charge in [-0.15, -0.1) is 0 Å². The van der Waals surface area contributed by atoms with Crippen LogP contribution in [0.15, 0.2) is 48.6 Å². The van der Waals surface area contributed by atoms with E-state index in [0.29, 0.717) is 43.7 Å². The van der Waals surface area contributed by atoms with Gasteiger partial charge >= 0.3 is 0 Å². The van der Waals surface area contributed by atoms with Gasteiger partial charge in [0.25, 0.3) is 0 Å². The molecule has 31 heavy (non-hydrogen) atoms. The number of aliphatic hydroxyl groups excluding tert-OH is 3. The monoisotopic (exact) mass is 449 g/mol. The molecule has 2 rings (SSSR count). The van der Waals surface area contributed by atoms with E-state index in [4.69, 9.17) is 11.6 Å². The van der Waals surface area contributed by atoms with Crippen molar-refractivity contribution in [3.63, 3.8) is 0 Å². The maximum atomic E-state index is 11.4. The molecule has 1 aromatic rings. The maximum absolute atomic E-state index is 11.4. The molecule has 0 unspecified atom stereocenters. The van der Waals surface area contributed by atoms with Crippen LogP contribution in [-0.4, -0.2) is 46.1 Å². The summed E-state index contributed by atoms with van der Waals surface area (Å²) in [6, 6.07) is 7.60. The van der Waals surface area contributed by atoms with Gasteiger partial charge in [-0.1, -0.05) is 48.0 Å². The molecule has 5 nitrogen and oxygen atoms in total. The Morgan fingerprint density at radius 1 is 1.29 bits per heavy atom. The first-order valence-electron chi connectivity index (χ1n) is 11.3. The number of carbonyl (C=O) groups excluding carboxylic acids is 1. The summed E-state index contributed by atoms with van der Waals surface area (Å²) in [6.07, 6.45) is 10.3. The van der Waals surface area contributed by atoms with E-state index in [9.17, 15) is 20.1 Å². The zero-order valence-electron chi connectivity index (χ0n) is 18.3. The average Bonchev–Trinajstić information content (AvgIpc) is 3.00. The van der Waals surface area contributed by atoms with Gasteiger partial charge in [0.2, 0.25) is 5.91 Å². The molecule has 1 amide bonds. The van der Waals surface area contributed by atoms with E-state index in [2.05, 4.69) is 5.32 Å². The molecule has 1 aliphatic carbocycles. The molecule has 0 heterocycles. The second-order valence-electron chi connectivity index (χ2n) is 8.29. The molecular formula is C25H36ClNO4. The minimum absolute atomic E-state index is 0.0735. The Morgan fingerprint density at radius 3 is 2.84 bits per heavy atom. The van der Waals surface area contributed by atoms with Crippen molar-refractivity contribution in [2.45, 2.75) is 70.2 Å². The van der Waals surface area contributed by atoms with Crippen molar-refractivity contribution in [3.8, 4) is 0 Å². The number of hydrogen-bond donors (Lipinski definition) is 4. The number of nitrogens with one attached hydrogen (secondary N) is 1. The van der Waals surface area contributed by atoms with Crippen molar-refractivity contribution in [1.82, 2.24) is 5.32 Å². The fourth-order valence-corrected chi connectivity index (χ4v) is 4.32. The minimum Gasteiger partial charge on any atom is -0.393 e. The van der Waals surface area contributed by atoms with Gasteiger partial charge in [0, 0.05) is 30.3 Å². The van der Waals surface area contributed by atoms with Gasteiger partial charge in [0.1, 0.15) is 0 Å². The number of aliphatic hydroxyl groups is 3. The summed E-state index contributed by atoms with van der Waals surface area (Å²) in [4.78, 5) is 11.4. The third kappa shape index (κ3) is 9.16. The topological polar surface area (TPSA) is 89.8 Å². The number of allylic oxidation sites excluding steroid dienone is 2. The average molecular weight is 450 g/mol. The molecule has 0 aromatic heterocycles. The Bertz CT molecular complexity index is 736. The first-order chi connectivity index (χ1) is 14.9. The Balaban J connectivity index is 1.79. The summed E-state index contributed by atoms with van der Waals surface area (Å²) in [5.74, 6) is -0.189. The fraction of sp³-hybridized carbons (Fsp3) is 0.560. The number of carbonyl (C=O) groups is 1. The lowest BCUT2D eigenvalue weighted by Gasteiger charge is -2.19. The largest absolute Gasteiger partial charge is 0.393 e. The molecular weight excluding hydrogens is 414 g/mol. The van der Waals surface area contributed by atoms with Crippen molar-refractivity contribution in [2.75, 3.05) is 6.54 Å². The van der Waals surface area contributed by atoms with Crippen LogP contribution in [0.25, 0.3) is 0 Å². The normalized spacial score (nSPS) is 24.8. The predicted octanol–water partition coefficient (Wildman–Crippen LogP) is 3.80. The second kappa shape index (κ2) is 13.7. The number of halogens is 1. The Hall–Kier alpha value is -1.66. The lowest BCUT2D eigenvalue weighted by Crippen LogP contribution is -2.21. The molecule has 0 aliphatic heterocycles. The third-order valence-corrected chi connectivity index (χ3v) is 6.05. The summed E-state index contributed by atoms with van der Waals surface area (Å²) >= 11 is 6.00. The van der Waals surface area contributed by atoms with Crippen molar-refractivity contribution < 1.29 is 20.1 Å². The molecule has 1 aliphatic rings. The van der Waals surface area contributed by atoms with Crippen LogP contribution in [0.5, 0.6) is 0 Å². The maximum Gasteiger partial charge on any atom is 0.219 e. The van der Waals surface area contributed by atoms with Crippen LogP contribution < -0.4 is 5.32 Å². The van der Waals surface area contributed by atoms with Crippen LogP contribution in [-0.2, 0) is 11.2 Å². The SMILES string of the molecule is CCNC(=O)CCC/C=C\C[C@@H]1[C@@H](/C=C/[C@@H](O)CCc2cccc(Cl)c2)[C@H](O)C[C@@H]1O. The first kappa shape index (κ1) is 25.6. The van der Waals surface area contributed by atoms with Crippen LogP contribution >= 0.6 is 11.6 Å². The fourth-order valence-electron chi connectivity index (χ4n) is 4.10. The van der Waals surface area contributed by atoms with Gasteiger partial charge < -0.3 is 20.6 Å². The van der Waals surface area contributed by atoms with Crippen LogP contribution in [0.1, 0.15) is 51.0 Å². The van der Waals surface area contributed by atoms with E-state index in [-0.39, 0.29) is 17.7 Å². The molecule has 0 spiro atoms. The number of amides is 1. The van der Waals surface area contributed by atoms with Gasteiger partial charge in [0.15, 0.2) is 0 Å². The molecule has 1 fully saturated rings. The van der Waals surface area contributed by atoms with Gasteiger partial charge in [0.05, 0.1) is 18.3 Å². The Labute approximate surface area is 190 Å². The second-order valence-corrected chi connectivity index (χ2v) is 8.72. The number of benzene rings is 1. The molecule has 6 heteroatoms. The molecule has 1 saturated carbocycles. The highest BCUT2D eigenvalue weighted by molar-refractivity contribution is 6.30. The standard InChI is InChI=1S/C25H36ClNO4/c1-2-27-25(31)11-6-4-3-5-10-21-22(24(30)17-23(21)29)15-14-20(28)13-12-18-8-7-9-19(26)16-18/h3,5,7-9,14-16,20-24,28-30H,2,4,6,10-13,17H2,1H3,(H,27,31)/b5-3-,15-14+/t20-,21+,22+,23-,24+/m0/s1. The summed E-state index contributed by atoms with van der Waals surface area (Å²) in [7, 11) is 0. The van der Waals surface area contributed by atoms with E-state index in [1.54, 1.807) is 6.08 Å². The van der Waals surface area contributed by atoms with E-state index in [1.807, 2.05) is 49.4 Å². The van der Waals surface area contributed by atoms with Crippen molar-refractivity contribution >= 4 is 17.5 Å². The van der Waals surface area contributed by atoms with Crippen LogP contribution in [0.2, 0.25) is 5.02 Å². The molecule has 0 saturated heterocycles. The van der Waals surface area contributed by atoms with E-state index in [0.717, 1.165) is 18.4 Å². The van der Waals surface area contributed by atoms with Crippen LogP contribution in [0, 0.1) is 11.8 Å². The van der Waals surface area contributed by atoms with Crippen molar-refractivity contribution in [1.29, 1.82) is 0 Å². The van der Waals surface area contributed by atoms with E-state index >= 15 is 0 Å². The van der Waals surface area contributed by atoms with Gasteiger partial charge in [-0.05, 0) is 62.6 Å². The summed E-state index contributed by atoms with van der Waals surface area (Å²) in [5.41, 5.74) is 1.08. The molecule has 1 aromatic carbocycles. The summed E-state index contributed by atoms with van der Waals surface area (Å²) in [6.45, 7) is 2.56. The molecule has 5 atom stereocenters. The quantitative estimate of drug-likeness (QED) is 0.288. The smallest absolute Gasteiger partial charge is 0.219 e.